The summed E-state index contributed by atoms with van der Waals surface area (Å²) in [6.07, 6.45) is -0.357. The van der Waals surface area contributed by atoms with Crippen LogP contribution in [0.2, 0.25) is 0 Å². The number of benzene rings is 1. The van der Waals surface area contributed by atoms with Crippen LogP contribution in [0.5, 0.6) is 0 Å². The largest absolute Gasteiger partial charge is 0.379 e. The molecule has 12 heteroatoms. The van der Waals surface area contributed by atoms with Crippen molar-refractivity contribution in [3.63, 3.8) is 0 Å². The highest BCUT2D eigenvalue weighted by atomic mass is 19.3. The molecule has 0 bridgehead atoms. The van der Waals surface area contributed by atoms with Crippen molar-refractivity contribution in [3.05, 3.63) is 52.6 Å². The monoisotopic (exact) mass is 441 g/mol. The molecule has 2 aromatic rings. The van der Waals surface area contributed by atoms with Crippen LogP contribution in [0, 0.1) is 11.6 Å². The van der Waals surface area contributed by atoms with E-state index in [4.69, 9.17) is 16.2 Å². The van der Waals surface area contributed by atoms with Crippen LogP contribution < -0.4 is 16.9 Å². The summed E-state index contributed by atoms with van der Waals surface area (Å²) in [7, 11) is 1.51. The van der Waals surface area contributed by atoms with E-state index in [0.717, 1.165) is 22.8 Å². The van der Waals surface area contributed by atoms with E-state index in [-0.39, 0.29) is 36.4 Å². The van der Waals surface area contributed by atoms with Crippen LogP contribution >= 0.6 is 0 Å². The molecule has 5 N–H and O–H groups in total. The van der Waals surface area contributed by atoms with Crippen molar-refractivity contribution in [2.75, 3.05) is 13.7 Å². The Morgan fingerprint density at radius 1 is 1.32 bits per heavy atom. The number of ether oxygens (including phenoxy) is 1. The molecule has 1 aromatic heterocycles. The zero-order chi connectivity index (χ0) is 22.3. The van der Waals surface area contributed by atoms with Gasteiger partial charge in [-0.15, -0.1) is 0 Å². The van der Waals surface area contributed by atoms with Crippen LogP contribution in [0.4, 0.5) is 17.6 Å². The van der Waals surface area contributed by atoms with E-state index in [9.17, 15) is 17.6 Å². The Kier molecular flexibility index (Phi) is 5.86. The van der Waals surface area contributed by atoms with Crippen molar-refractivity contribution in [2.45, 2.75) is 44.2 Å². The number of hydrazone groups is 1. The van der Waals surface area contributed by atoms with Gasteiger partial charge in [-0.3, -0.25) is 9.47 Å². The minimum Gasteiger partial charge on any atom is -0.379 e. The maximum absolute atomic E-state index is 14.1. The molecule has 1 fully saturated rings. The molecule has 2 aliphatic rings. The number of nitrogens with one attached hydrogen (secondary N) is 1. The lowest BCUT2D eigenvalue weighted by Crippen LogP contribution is -2.48. The van der Waals surface area contributed by atoms with Gasteiger partial charge in [-0.2, -0.15) is 13.9 Å². The van der Waals surface area contributed by atoms with Crippen LogP contribution in [0.1, 0.15) is 41.8 Å². The number of halogens is 4. The lowest BCUT2D eigenvalue weighted by atomic mass is 9.93. The molecule has 168 valence electrons. The second kappa shape index (κ2) is 8.44. The molecule has 4 rings (SSSR count). The van der Waals surface area contributed by atoms with Gasteiger partial charge in [-0.1, -0.05) is 0 Å². The third kappa shape index (κ3) is 3.98. The van der Waals surface area contributed by atoms with Crippen molar-refractivity contribution in [1.82, 2.24) is 19.9 Å². The molecule has 3 heterocycles. The third-order valence-electron chi connectivity index (χ3n) is 5.64. The number of amidine groups is 1. The Balaban J connectivity index is 1.49. The first-order valence-corrected chi connectivity index (χ1v) is 9.74. The van der Waals surface area contributed by atoms with Gasteiger partial charge in [0.15, 0.2) is 11.7 Å². The lowest BCUT2D eigenvalue weighted by Gasteiger charge is -2.38. The fourth-order valence-electron chi connectivity index (χ4n) is 4.22. The van der Waals surface area contributed by atoms with Crippen LogP contribution in [0.15, 0.2) is 23.3 Å². The molecule has 1 saturated heterocycles. The van der Waals surface area contributed by atoms with E-state index in [2.05, 4.69) is 15.5 Å². The minimum atomic E-state index is -2.83. The van der Waals surface area contributed by atoms with Gasteiger partial charge in [0, 0.05) is 37.8 Å². The molecule has 0 amide bonds. The Labute approximate surface area is 175 Å². The Hall–Kier alpha value is -2.70. The zero-order valence-corrected chi connectivity index (χ0v) is 16.7. The predicted octanol–water partition coefficient (Wildman–Crippen LogP) is 1.57. The summed E-state index contributed by atoms with van der Waals surface area (Å²) < 4.78 is 61.7. The summed E-state index contributed by atoms with van der Waals surface area (Å²) >= 11 is 0. The topological polar surface area (TPSA) is 107 Å². The number of hydrogen-bond acceptors (Lipinski definition) is 6. The van der Waals surface area contributed by atoms with E-state index in [1.54, 1.807) is 0 Å². The van der Waals surface area contributed by atoms with Gasteiger partial charge in [0.1, 0.15) is 17.7 Å². The minimum absolute atomic E-state index is 0.0744. The van der Waals surface area contributed by atoms with Crippen molar-refractivity contribution < 1.29 is 22.3 Å². The average molecular weight is 441 g/mol. The molecule has 0 radical (unpaired) electrons. The number of imidazole rings is 1. The summed E-state index contributed by atoms with van der Waals surface area (Å²) in [5, 5.41) is 3.74. The van der Waals surface area contributed by atoms with Gasteiger partial charge in [0.05, 0.1) is 18.0 Å². The number of aromatic nitrogens is 2. The van der Waals surface area contributed by atoms with Crippen LogP contribution in [0.25, 0.3) is 0 Å². The third-order valence-corrected chi connectivity index (χ3v) is 5.64. The summed E-state index contributed by atoms with van der Waals surface area (Å²) in [6, 6.07) is 2.38. The van der Waals surface area contributed by atoms with Crippen LogP contribution in [-0.2, 0) is 17.8 Å². The molecule has 0 saturated carbocycles. The molecule has 31 heavy (non-hydrogen) atoms. The standard InChI is InChI=1S/C19H23F4N7O/c1-26-28-17(25)18-27-14-6-29(7-15(14)30(18)19(22)23)10-5-13(24)16(31-8-10)11-4-9(20)2-3-12(11)21/h2-4,10,13,16,19,26H,5-8,24H2,1H3,(H2,25,28)/t10?,13?,16-/m1/s1. The smallest absolute Gasteiger partial charge is 0.320 e. The van der Waals surface area contributed by atoms with E-state index < -0.39 is 30.3 Å². The second-order valence-corrected chi connectivity index (χ2v) is 7.58. The molecule has 0 aliphatic carbocycles. The van der Waals surface area contributed by atoms with E-state index >= 15 is 0 Å². The molecule has 3 atom stereocenters. The summed E-state index contributed by atoms with van der Waals surface area (Å²) in [5.74, 6) is -1.38. The summed E-state index contributed by atoms with van der Waals surface area (Å²) in [4.78, 5) is 6.19. The quantitative estimate of drug-likeness (QED) is 0.282. The van der Waals surface area contributed by atoms with Crippen molar-refractivity contribution in [2.24, 2.45) is 16.6 Å². The number of hydrogen-bond donors (Lipinski definition) is 3. The number of nitrogens with zero attached hydrogens (tertiary/aromatic N) is 4. The number of alkyl halides is 2. The van der Waals surface area contributed by atoms with Gasteiger partial charge in [0.25, 0.3) is 0 Å². The number of fused-ring (bicyclic) bond motifs is 1. The van der Waals surface area contributed by atoms with E-state index in [1.165, 1.54) is 7.05 Å². The average Bonchev–Trinajstić information content (AvgIpc) is 3.28. The van der Waals surface area contributed by atoms with Gasteiger partial charge < -0.3 is 21.6 Å². The first kappa shape index (κ1) is 21.5. The number of rotatable bonds is 5. The lowest BCUT2D eigenvalue weighted by molar-refractivity contribution is -0.0539. The van der Waals surface area contributed by atoms with Gasteiger partial charge in [-0.05, 0) is 24.6 Å². The van der Waals surface area contributed by atoms with Gasteiger partial charge in [-0.25, -0.2) is 13.8 Å². The van der Waals surface area contributed by atoms with E-state index in [1.807, 2.05) is 4.90 Å². The van der Waals surface area contributed by atoms with Crippen LogP contribution in [-0.4, -0.2) is 46.0 Å². The summed E-state index contributed by atoms with van der Waals surface area (Å²) in [6.45, 7) is -2.11. The fourth-order valence-corrected chi connectivity index (χ4v) is 4.22. The Bertz CT molecular complexity index is 996. The molecule has 1 aromatic carbocycles. The first-order chi connectivity index (χ1) is 14.8. The highest BCUT2D eigenvalue weighted by Crippen LogP contribution is 2.35. The maximum Gasteiger partial charge on any atom is 0.320 e. The molecular formula is C19H23F4N7O. The normalized spacial score (nSPS) is 24.6. The maximum atomic E-state index is 14.1. The Morgan fingerprint density at radius 3 is 2.77 bits per heavy atom. The van der Waals surface area contributed by atoms with Gasteiger partial charge >= 0.3 is 6.55 Å². The predicted molar refractivity (Wildman–Crippen MR) is 104 cm³/mol. The fraction of sp³-hybridized carbons (Fsp3) is 0.474. The molecule has 2 aliphatic heterocycles. The van der Waals surface area contributed by atoms with Crippen molar-refractivity contribution in [1.29, 1.82) is 0 Å². The first-order valence-electron chi connectivity index (χ1n) is 9.74. The zero-order valence-electron chi connectivity index (χ0n) is 16.7. The van der Waals surface area contributed by atoms with Crippen LogP contribution in [0.3, 0.4) is 0 Å². The van der Waals surface area contributed by atoms with Gasteiger partial charge in [0.2, 0.25) is 0 Å². The molecule has 2 unspecified atom stereocenters. The number of nitrogens with two attached hydrogens (primary N) is 2. The Morgan fingerprint density at radius 2 is 2.10 bits per heavy atom. The van der Waals surface area contributed by atoms with Crippen molar-refractivity contribution in [3.8, 4) is 0 Å². The highest BCUT2D eigenvalue weighted by Gasteiger charge is 2.39. The molecule has 0 spiro atoms. The van der Waals surface area contributed by atoms with E-state index in [0.29, 0.717) is 24.4 Å². The second-order valence-electron chi connectivity index (χ2n) is 7.58. The molecule has 8 nitrogen and oxygen atoms in total. The highest BCUT2D eigenvalue weighted by molar-refractivity contribution is 5.94. The summed E-state index contributed by atoms with van der Waals surface area (Å²) in [5.41, 5.74) is 15.4. The molecular weight excluding hydrogens is 418 g/mol. The van der Waals surface area contributed by atoms with Crippen molar-refractivity contribution >= 4 is 5.84 Å². The SMILES string of the molecule is CN/N=C(\N)c1nc2c(n1C(F)F)CN(C1CO[C@H](c3cc(F)ccc3F)C(N)C1)C2.